The summed E-state index contributed by atoms with van der Waals surface area (Å²) in [5.74, 6) is 2.77. The van der Waals surface area contributed by atoms with Crippen molar-refractivity contribution in [2.24, 2.45) is 5.84 Å². The fourth-order valence-electron chi connectivity index (χ4n) is 2.00. The highest BCUT2D eigenvalue weighted by Crippen LogP contribution is 2.24. The first-order chi connectivity index (χ1) is 10.8. The van der Waals surface area contributed by atoms with Gasteiger partial charge in [0.25, 0.3) is 5.91 Å². The molecule has 8 heteroatoms. The molecule has 2 aromatic carbocycles. The molecular weight excluding hydrogens is 320 g/mol. The van der Waals surface area contributed by atoms with Gasteiger partial charge >= 0.3 is 5.97 Å². The number of aromatic carboxylic acids is 1. The molecule has 0 saturated carbocycles. The number of carboxylic acid groups (broad SMARTS) is 1. The van der Waals surface area contributed by atoms with Crippen molar-refractivity contribution < 1.29 is 23.1 Å². The minimum absolute atomic E-state index is 0.0466. The predicted octanol–water partition coefficient (Wildman–Crippen LogP) is 1.13. The maximum Gasteiger partial charge on any atom is 0.336 e. The van der Waals surface area contributed by atoms with Crippen LogP contribution in [0, 0.1) is 6.92 Å². The molecular formula is C15H14N2O5S. The van der Waals surface area contributed by atoms with Crippen molar-refractivity contribution in [3.05, 3.63) is 59.2 Å². The zero-order valence-corrected chi connectivity index (χ0v) is 12.9. The number of aryl methyl sites for hydroxylation is 1. The molecule has 0 heterocycles. The quantitative estimate of drug-likeness (QED) is 0.437. The lowest BCUT2D eigenvalue weighted by Gasteiger charge is -2.09. The molecule has 0 aliphatic carbocycles. The third kappa shape index (κ3) is 3.22. The summed E-state index contributed by atoms with van der Waals surface area (Å²) in [5.41, 5.74) is 2.04. The van der Waals surface area contributed by atoms with Gasteiger partial charge < -0.3 is 5.11 Å². The lowest BCUT2D eigenvalue weighted by atomic mass is 10.1. The van der Waals surface area contributed by atoms with Crippen LogP contribution < -0.4 is 11.3 Å². The molecule has 120 valence electrons. The highest BCUT2D eigenvalue weighted by molar-refractivity contribution is 7.91. The molecule has 23 heavy (non-hydrogen) atoms. The Labute approximate surface area is 132 Å². The van der Waals surface area contributed by atoms with E-state index in [1.807, 2.05) is 6.92 Å². The molecule has 0 spiro atoms. The molecule has 4 N–H and O–H groups in total. The second-order valence-corrected chi connectivity index (χ2v) is 6.75. The summed E-state index contributed by atoms with van der Waals surface area (Å²) in [6.07, 6.45) is 0. The van der Waals surface area contributed by atoms with Gasteiger partial charge in [-0.1, -0.05) is 17.7 Å². The highest BCUT2D eigenvalue weighted by Gasteiger charge is 2.23. The Hall–Kier alpha value is -2.71. The van der Waals surface area contributed by atoms with E-state index in [4.69, 9.17) is 10.9 Å². The summed E-state index contributed by atoms with van der Waals surface area (Å²) >= 11 is 0. The topological polar surface area (TPSA) is 127 Å². The molecule has 2 aromatic rings. The lowest BCUT2D eigenvalue weighted by Crippen LogP contribution is -2.31. The Morgan fingerprint density at radius 2 is 1.57 bits per heavy atom. The zero-order chi connectivity index (χ0) is 17.2. The Balaban J connectivity index is 2.62. The predicted molar refractivity (Wildman–Crippen MR) is 81.7 cm³/mol. The summed E-state index contributed by atoms with van der Waals surface area (Å²) in [6.45, 7) is 1.82. The number of carbonyl (C=O) groups excluding carboxylic acids is 1. The number of rotatable bonds is 4. The summed E-state index contributed by atoms with van der Waals surface area (Å²) in [6, 6.07) is 9.38. The van der Waals surface area contributed by atoms with Crippen molar-refractivity contribution in [3.8, 4) is 0 Å². The smallest absolute Gasteiger partial charge is 0.336 e. The van der Waals surface area contributed by atoms with Crippen LogP contribution in [0.2, 0.25) is 0 Å². The minimum atomic E-state index is -3.88. The molecule has 2 rings (SSSR count). The van der Waals surface area contributed by atoms with E-state index in [-0.39, 0.29) is 20.9 Å². The second-order valence-electron chi connectivity index (χ2n) is 4.80. The number of nitrogen functional groups attached to an aromatic ring is 1. The van der Waals surface area contributed by atoms with Gasteiger partial charge in [-0.25, -0.2) is 19.1 Å². The average Bonchev–Trinajstić information content (AvgIpc) is 2.53. The van der Waals surface area contributed by atoms with Crippen LogP contribution in [-0.2, 0) is 9.84 Å². The van der Waals surface area contributed by atoms with Crippen LogP contribution in [-0.4, -0.2) is 25.4 Å². The maximum absolute atomic E-state index is 12.6. The van der Waals surface area contributed by atoms with E-state index in [1.165, 1.54) is 12.1 Å². The molecule has 0 radical (unpaired) electrons. The number of amides is 1. The van der Waals surface area contributed by atoms with E-state index in [0.29, 0.717) is 0 Å². The van der Waals surface area contributed by atoms with Crippen molar-refractivity contribution in [1.82, 2.24) is 5.43 Å². The highest BCUT2D eigenvalue weighted by atomic mass is 32.2. The normalized spacial score (nSPS) is 11.0. The van der Waals surface area contributed by atoms with Crippen LogP contribution in [0.25, 0.3) is 0 Å². The first-order valence-corrected chi connectivity index (χ1v) is 7.95. The molecule has 0 aromatic heterocycles. The third-order valence-electron chi connectivity index (χ3n) is 3.24. The first kappa shape index (κ1) is 16.7. The number of hydrogen-bond donors (Lipinski definition) is 3. The van der Waals surface area contributed by atoms with Gasteiger partial charge in [0.05, 0.1) is 20.9 Å². The van der Waals surface area contributed by atoms with E-state index < -0.39 is 21.7 Å². The molecule has 7 nitrogen and oxygen atoms in total. The fraction of sp³-hybridized carbons (Fsp3) is 0.0667. The van der Waals surface area contributed by atoms with Crippen molar-refractivity contribution >= 4 is 21.7 Å². The molecule has 0 unspecified atom stereocenters. The van der Waals surface area contributed by atoms with Gasteiger partial charge in [-0.15, -0.1) is 0 Å². The van der Waals surface area contributed by atoms with Crippen LogP contribution in [0.3, 0.4) is 0 Å². The van der Waals surface area contributed by atoms with Gasteiger partial charge in [-0.2, -0.15) is 0 Å². The monoisotopic (exact) mass is 334 g/mol. The van der Waals surface area contributed by atoms with Crippen LogP contribution >= 0.6 is 0 Å². The summed E-state index contributed by atoms with van der Waals surface area (Å²) in [7, 11) is -3.88. The number of nitrogens with one attached hydrogen (secondary N) is 1. The van der Waals surface area contributed by atoms with E-state index in [1.54, 1.807) is 17.6 Å². The Bertz CT molecular complexity index is 873. The number of hydrogen-bond acceptors (Lipinski definition) is 5. The van der Waals surface area contributed by atoms with E-state index >= 15 is 0 Å². The number of sulfone groups is 1. The summed E-state index contributed by atoms with van der Waals surface area (Å²) in [5, 5.41) is 9.08. The van der Waals surface area contributed by atoms with Crippen LogP contribution in [0.1, 0.15) is 26.3 Å². The standard InChI is InChI=1S/C15H14N2O5S/c1-9-2-4-10(5-3-9)23(21,22)11-6-7-12(15(19)20)13(8-11)14(18)17-16/h2-8H,16H2,1H3,(H,17,18)(H,19,20). The molecule has 0 bridgehead atoms. The largest absolute Gasteiger partial charge is 0.478 e. The number of carboxylic acids is 1. The molecule has 0 atom stereocenters. The number of nitrogens with two attached hydrogens (primary N) is 1. The second kappa shape index (κ2) is 6.19. The minimum Gasteiger partial charge on any atom is -0.478 e. The SMILES string of the molecule is Cc1ccc(S(=O)(=O)c2ccc(C(=O)O)c(C(=O)NN)c2)cc1. The van der Waals surface area contributed by atoms with Crippen LogP contribution in [0.4, 0.5) is 0 Å². The van der Waals surface area contributed by atoms with Crippen molar-refractivity contribution in [2.75, 3.05) is 0 Å². The fourth-order valence-corrected chi connectivity index (χ4v) is 3.28. The van der Waals surface area contributed by atoms with Crippen molar-refractivity contribution in [2.45, 2.75) is 16.7 Å². The summed E-state index contributed by atoms with van der Waals surface area (Å²) in [4.78, 5) is 22.7. The Morgan fingerprint density at radius 3 is 2.09 bits per heavy atom. The van der Waals surface area contributed by atoms with E-state index in [2.05, 4.69) is 0 Å². The molecule has 1 amide bonds. The molecule has 0 aliphatic heterocycles. The van der Waals surface area contributed by atoms with Crippen molar-refractivity contribution in [1.29, 1.82) is 0 Å². The van der Waals surface area contributed by atoms with Crippen molar-refractivity contribution in [3.63, 3.8) is 0 Å². The number of hydrazine groups is 1. The van der Waals surface area contributed by atoms with Crippen LogP contribution in [0.5, 0.6) is 0 Å². The number of benzene rings is 2. The van der Waals surface area contributed by atoms with Gasteiger partial charge in [0.1, 0.15) is 0 Å². The maximum atomic E-state index is 12.6. The Morgan fingerprint density at radius 1 is 1.00 bits per heavy atom. The third-order valence-corrected chi connectivity index (χ3v) is 5.01. The zero-order valence-electron chi connectivity index (χ0n) is 12.1. The van der Waals surface area contributed by atoms with Gasteiger partial charge in [0.15, 0.2) is 0 Å². The van der Waals surface area contributed by atoms with Gasteiger partial charge in [-0.3, -0.25) is 10.2 Å². The lowest BCUT2D eigenvalue weighted by molar-refractivity contribution is 0.0691. The molecule has 0 saturated heterocycles. The van der Waals surface area contributed by atoms with Gasteiger partial charge in [-0.05, 0) is 37.3 Å². The van der Waals surface area contributed by atoms with Crippen LogP contribution in [0.15, 0.2) is 52.3 Å². The average molecular weight is 334 g/mol. The van der Waals surface area contributed by atoms with E-state index in [0.717, 1.165) is 23.8 Å². The van der Waals surface area contributed by atoms with Gasteiger partial charge in [0.2, 0.25) is 9.84 Å². The first-order valence-electron chi connectivity index (χ1n) is 6.47. The number of carbonyl (C=O) groups is 2. The Kier molecular flexibility index (Phi) is 4.48. The van der Waals surface area contributed by atoms with Gasteiger partial charge in [0, 0.05) is 0 Å². The molecule has 0 aliphatic rings. The summed E-state index contributed by atoms with van der Waals surface area (Å²) < 4.78 is 25.2. The molecule has 0 fully saturated rings. The van der Waals surface area contributed by atoms with E-state index in [9.17, 15) is 18.0 Å².